The largest absolute Gasteiger partial charge is 0.336 e. The molecule has 2 aliphatic rings. The van der Waals surface area contributed by atoms with E-state index in [4.69, 9.17) is 9.47 Å². The number of fused-ring (bicyclic) bond motifs is 2. The van der Waals surface area contributed by atoms with Crippen LogP contribution in [0.25, 0.3) is 0 Å². The Balaban J connectivity index is 0.00000169. The summed E-state index contributed by atoms with van der Waals surface area (Å²) in [5.74, 6) is -2.00. The van der Waals surface area contributed by atoms with Gasteiger partial charge in [-0.2, -0.15) is 0 Å². The Morgan fingerprint density at radius 2 is 1.96 bits per heavy atom. The summed E-state index contributed by atoms with van der Waals surface area (Å²) in [7, 11) is -3.79. The van der Waals surface area contributed by atoms with E-state index in [0.29, 0.717) is 11.3 Å². The highest BCUT2D eigenvalue weighted by Gasteiger charge is 2.52. The number of pyridine rings is 1. The van der Waals surface area contributed by atoms with Crippen LogP contribution < -0.4 is 5.32 Å². The Morgan fingerprint density at radius 3 is 2.65 bits per heavy atom. The Morgan fingerprint density at radius 1 is 1.17 bits per heavy atom. The van der Waals surface area contributed by atoms with E-state index in [9.17, 15) is 13.2 Å². The quantitative estimate of drug-likeness (QED) is 0.890. The SMILES string of the molecule is O=C1Nc2ccc(S(=O)(=O)c3ccccn3)cc2C12OCCO2.[HH]. The van der Waals surface area contributed by atoms with Crippen molar-refractivity contribution in [2.24, 2.45) is 0 Å². The van der Waals surface area contributed by atoms with Crippen molar-refractivity contribution in [2.75, 3.05) is 18.5 Å². The molecule has 1 N–H and O–H groups in total. The minimum Gasteiger partial charge on any atom is -0.336 e. The number of aromatic nitrogens is 1. The Kier molecular flexibility index (Phi) is 3.02. The number of benzene rings is 1. The van der Waals surface area contributed by atoms with Gasteiger partial charge in [0, 0.05) is 13.2 Å². The molecule has 4 rings (SSSR count). The standard InChI is InChI=1S/C15H12N2O5S.H2/c18-14-15(21-7-8-22-15)11-9-10(4-5-12(11)17-14)23(19,20)13-3-1-2-6-16-13;/h1-6,9H,7-8H2,(H,17,18);1H. The van der Waals surface area contributed by atoms with Crippen molar-refractivity contribution in [3.05, 3.63) is 48.2 Å². The van der Waals surface area contributed by atoms with Crippen molar-refractivity contribution in [3.63, 3.8) is 0 Å². The number of hydrogen-bond acceptors (Lipinski definition) is 6. The Bertz CT molecular complexity index is 895. The Labute approximate surface area is 133 Å². The van der Waals surface area contributed by atoms with Crippen LogP contribution in [0.4, 0.5) is 5.69 Å². The molecule has 1 amide bonds. The first kappa shape index (κ1) is 14.3. The van der Waals surface area contributed by atoms with E-state index in [1.165, 1.54) is 30.5 Å². The van der Waals surface area contributed by atoms with E-state index in [1.54, 1.807) is 12.1 Å². The molecular weight excluding hydrogens is 320 g/mol. The van der Waals surface area contributed by atoms with Gasteiger partial charge in [0.15, 0.2) is 5.03 Å². The van der Waals surface area contributed by atoms with Crippen LogP contribution in [0.1, 0.15) is 6.99 Å². The summed E-state index contributed by atoms with van der Waals surface area (Å²) in [5.41, 5.74) is 0.855. The van der Waals surface area contributed by atoms with Crippen molar-refractivity contribution in [2.45, 2.75) is 15.7 Å². The van der Waals surface area contributed by atoms with Crippen LogP contribution >= 0.6 is 0 Å². The summed E-state index contributed by atoms with van der Waals surface area (Å²) in [6.45, 7) is 0.536. The van der Waals surface area contributed by atoms with Crippen molar-refractivity contribution < 1.29 is 24.1 Å². The van der Waals surface area contributed by atoms with Crippen molar-refractivity contribution in [1.29, 1.82) is 0 Å². The van der Waals surface area contributed by atoms with Crippen LogP contribution in [0.5, 0.6) is 0 Å². The highest BCUT2D eigenvalue weighted by molar-refractivity contribution is 7.91. The fourth-order valence-electron chi connectivity index (χ4n) is 2.72. The summed E-state index contributed by atoms with van der Waals surface area (Å²) >= 11 is 0. The molecule has 0 unspecified atom stereocenters. The lowest BCUT2D eigenvalue weighted by Crippen LogP contribution is -2.35. The first-order valence-corrected chi connectivity index (χ1v) is 8.42. The maximum atomic E-state index is 12.7. The topological polar surface area (TPSA) is 94.6 Å². The fourth-order valence-corrected chi connectivity index (χ4v) is 3.94. The molecule has 0 saturated carbocycles. The van der Waals surface area contributed by atoms with E-state index in [1.807, 2.05) is 0 Å². The van der Waals surface area contributed by atoms with Gasteiger partial charge in [-0.3, -0.25) is 4.79 Å². The number of rotatable bonds is 2. The summed E-state index contributed by atoms with van der Waals surface area (Å²) in [4.78, 5) is 16.1. The third kappa shape index (κ3) is 1.99. The maximum Gasteiger partial charge on any atom is 0.289 e. The van der Waals surface area contributed by atoms with Gasteiger partial charge in [-0.25, -0.2) is 13.4 Å². The number of ether oxygens (including phenoxy) is 2. The molecule has 8 heteroatoms. The van der Waals surface area contributed by atoms with Crippen LogP contribution in [-0.2, 0) is 29.9 Å². The highest BCUT2D eigenvalue weighted by atomic mass is 32.2. The van der Waals surface area contributed by atoms with Crippen LogP contribution in [0.15, 0.2) is 52.5 Å². The van der Waals surface area contributed by atoms with Crippen LogP contribution in [0.2, 0.25) is 0 Å². The zero-order valence-corrected chi connectivity index (χ0v) is 12.7. The second kappa shape index (κ2) is 4.85. The van der Waals surface area contributed by atoms with Gasteiger partial charge >= 0.3 is 0 Å². The van der Waals surface area contributed by atoms with Crippen molar-refractivity contribution >= 4 is 21.4 Å². The van der Waals surface area contributed by atoms with Gasteiger partial charge in [0.2, 0.25) is 9.84 Å². The lowest BCUT2D eigenvalue weighted by atomic mass is 10.1. The molecule has 1 saturated heterocycles. The lowest BCUT2D eigenvalue weighted by Gasteiger charge is -2.19. The third-order valence-electron chi connectivity index (χ3n) is 3.81. The van der Waals surface area contributed by atoms with Gasteiger partial charge in [0.05, 0.1) is 23.8 Å². The number of hydrogen-bond donors (Lipinski definition) is 1. The monoisotopic (exact) mass is 334 g/mol. The van der Waals surface area contributed by atoms with Gasteiger partial charge in [-0.05, 0) is 30.3 Å². The van der Waals surface area contributed by atoms with Crippen LogP contribution in [0, 0.1) is 0 Å². The summed E-state index contributed by atoms with van der Waals surface area (Å²) in [6.07, 6.45) is 1.41. The second-order valence-corrected chi connectivity index (χ2v) is 7.04. The molecule has 120 valence electrons. The van der Waals surface area contributed by atoms with Crippen molar-refractivity contribution in [3.8, 4) is 0 Å². The van der Waals surface area contributed by atoms with Crippen LogP contribution in [-0.4, -0.2) is 32.5 Å². The first-order chi connectivity index (χ1) is 11.0. The van der Waals surface area contributed by atoms with E-state index in [2.05, 4.69) is 10.3 Å². The maximum absolute atomic E-state index is 12.7. The number of carbonyl (C=O) groups excluding carboxylic acids is 1. The molecule has 7 nitrogen and oxygen atoms in total. The number of carbonyl (C=O) groups is 1. The van der Waals surface area contributed by atoms with E-state index in [-0.39, 0.29) is 24.6 Å². The second-order valence-electron chi connectivity index (χ2n) is 5.15. The first-order valence-electron chi connectivity index (χ1n) is 6.94. The molecule has 23 heavy (non-hydrogen) atoms. The molecule has 0 radical (unpaired) electrons. The molecular formula is C15H14N2O5S. The minimum absolute atomic E-state index is 0. The third-order valence-corrected chi connectivity index (χ3v) is 5.48. The number of amides is 1. The number of anilines is 1. The molecule has 0 aliphatic carbocycles. The summed E-state index contributed by atoms with van der Waals surface area (Å²) < 4.78 is 36.3. The molecule has 2 aromatic rings. The zero-order chi connectivity index (χ0) is 16.1. The van der Waals surface area contributed by atoms with Gasteiger partial charge in [0.25, 0.3) is 11.7 Å². The van der Waals surface area contributed by atoms with E-state index < -0.39 is 21.5 Å². The molecule has 0 atom stereocenters. The average Bonchev–Trinajstić information content (AvgIpc) is 3.16. The van der Waals surface area contributed by atoms with Crippen LogP contribution in [0.3, 0.4) is 0 Å². The van der Waals surface area contributed by atoms with Gasteiger partial charge in [0.1, 0.15) is 0 Å². The molecule has 3 heterocycles. The fraction of sp³-hybridized carbons (Fsp3) is 0.200. The highest BCUT2D eigenvalue weighted by Crippen LogP contribution is 2.43. The number of sulfone groups is 1. The van der Waals surface area contributed by atoms with Gasteiger partial charge < -0.3 is 14.8 Å². The molecule has 0 bridgehead atoms. The number of nitrogens with zero attached hydrogens (tertiary/aromatic N) is 1. The minimum atomic E-state index is -3.79. The van der Waals surface area contributed by atoms with Gasteiger partial charge in [-0.1, -0.05) is 6.07 Å². The van der Waals surface area contributed by atoms with Crippen molar-refractivity contribution in [1.82, 2.24) is 4.98 Å². The molecule has 1 aromatic heterocycles. The predicted octanol–water partition coefficient (Wildman–Crippen LogP) is 1.31. The van der Waals surface area contributed by atoms with Gasteiger partial charge in [-0.15, -0.1) is 0 Å². The molecule has 2 aliphatic heterocycles. The average molecular weight is 334 g/mol. The lowest BCUT2D eigenvalue weighted by molar-refractivity contribution is -0.178. The Hall–Kier alpha value is -2.29. The van der Waals surface area contributed by atoms with E-state index >= 15 is 0 Å². The smallest absolute Gasteiger partial charge is 0.289 e. The predicted molar refractivity (Wildman–Crippen MR) is 80.5 cm³/mol. The normalized spacial score (nSPS) is 18.9. The summed E-state index contributed by atoms with van der Waals surface area (Å²) in [5, 5.41) is 2.59. The molecule has 1 aromatic carbocycles. The summed E-state index contributed by atoms with van der Waals surface area (Å²) in [6, 6.07) is 9.02. The molecule has 1 fully saturated rings. The molecule has 1 spiro atoms. The zero-order valence-electron chi connectivity index (χ0n) is 11.9. The van der Waals surface area contributed by atoms with E-state index in [0.717, 1.165) is 0 Å². The number of nitrogens with one attached hydrogen (secondary N) is 1.